The number of pyridine rings is 2. The maximum atomic E-state index is 13.7. The van der Waals surface area contributed by atoms with Crippen molar-refractivity contribution in [3.8, 4) is 17.1 Å². The van der Waals surface area contributed by atoms with Crippen LogP contribution in [0.3, 0.4) is 0 Å². The average Bonchev–Trinajstić information content (AvgIpc) is 3.34. The molecule has 0 unspecified atom stereocenters. The molecule has 9 heteroatoms. The standard InChI is InChI=1S/C26H24FN7O/c27-17-5-3-15(4-6-17)24-30-21-7-8-23(33-14-18-11-20(33)13-29-18)32-25(21)34(24)19-9-10-28-22(12-19)31-26(35)16-1-2-16/h3-10,12,16,18,20,29H,1-2,11,13-14H2,(H,28,31,35)/t18-,20-/m0/s1. The second-order valence-electron chi connectivity index (χ2n) is 9.60. The highest BCUT2D eigenvalue weighted by atomic mass is 19.1. The Morgan fingerprint density at radius 2 is 1.94 bits per heavy atom. The number of nitrogens with zero attached hydrogens (tertiary/aromatic N) is 5. The van der Waals surface area contributed by atoms with Crippen molar-refractivity contribution in [1.82, 2.24) is 24.8 Å². The third-order valence-corrected chi connectivity index (χ3v) is 7.14. The molecule has 8 nitrogen and oxygen atoms in total. The minimum absolute atomic E-state index is 0.00186. The van der Waals surface area contributed by atoms with E-state index in [1.165, 1.54) is 12.1 Å². The van der Waals surface area contributed by atoms with Crippen LogP contribution in [0.2, 0.25) is 0 Å². The molecule has 7 rings (SSSR count). The minimum atomic E-state index is -0.302. The Kier molecular flexibility index (Phi) is 4.60. The fraction of sp³-hybridized carbons (Fsp3) is 0.308. The van der Waals surface area contributed by atoms with E-state index in [0.717, 1.165) is 54.9 Å². The number of carbonyl (C=O) groups is 1. The maximum absolute atomic E-state index is 13.7. The van der Waals surface area contributed by atoms with Gasteiger partial charge in [0.1, 0.15) is 28.8 Å². The largest absolute Gasteiger partial charge is 0.351 e. The maximum Gasteiger partial charge on any atom is 0.228 e. The molecule has 0 spiro atoms. The number of amides is 1. The van der Waals surface area contributed by atoms with Gasteiger partial charge in [0.25, 0.3) is 0 Å². The number of halogens is 1. The molecule has 35 heavy (non-hydrogen) atoms. The molecule has 3 aliphatic rings. The van der Waals surface area contributed by atoms with Crippen LogP contribution in [0.5, 0.6) is 0 Å². The number of aromatic nitrogens is 4. The Bertz CT molecular complexity index is 1450. The zero-order chi connectivity index (χ0) is 23.5. The van der Waals surface area contributed by atoms with Gasteiger partial charge in [0.2, 0.25) is 5.91 Å². The second-order valence-corrected chi connectivity index (χ2v) is 9.60. The van der Waals surface area contributed by atoms with Gasteiger partial charge in [-0.25, -0.2) is 19.3 Å². The summed E-state index contributed by atoms with van der Waals surface area (Å²) in [4.78, 5) is 29.0. The van der Waals surface area contributed by atoms with Crippen LogP contribution >= 0.6 is 0 Å². The van der Waals surface area contributed by atoms with Gasteiger partial charge in [-0.2, -0.15) is 0 Å². The third kappa shape index (κ3) is 3.63. The highest BCUT2D eigenvalue weighted by Crippen LogP contribution is 2.33. The monoisotopic (exact) mass is 469 g/mol. The van der Waals surface area contributed by atoms with Crippen LogP contribution in [0.4, 0.5) is 16.0 Å². The van der Waals surface area contributed by atoms with E-state index in [-0.39, 0.29) is 17.6 Å². The van der Waals surface area contributed by atoms with Crippen LogP contribution in [0.1, 0.15) is 19.3 Å². The molecule has 2 bridgehead atoms. The van der Waals surface area contributed by atoms with Crippen LogP contribution in [0.15, 0.2) is 54.7 Å². The van der Waals surface area contributed by atoms with E-state index in [1.54, 1.807) is 18.3 Å². The molecule has 2 saturated heterocycles. The van der Waals surface area contributed by atoms with E-state index in [1.807, 2.05) is 28.8 Å². The fourth-order valence-electron chi connectivity index (χ4n) is 5.19. The van der Waals surface area contributed by atoms with Crippen molar-refractivity contribution in [3.05, 3.63) is 60.5 Å². The summed E-state index contributed by atoms with van der Waals surface area (Å²) >= 11 is 0. The normalized spacial score (nSPS) is 21.1. The Balaban J connectivity index is 1.36. The Hall–Kier alpha value is -3.85. The summed E-state index contributed by atoms with van der Waals surface area (Å²) in [6.45, 7) is 1.91. The number of rotatable bonds is 5. The first-order valence-corrected chi connectivity index (χ1v) is 12.0. The van der Waals surface area contributed by atoms with Crippen molar-refractivity contribution in [1.29, 1.82) is 0 Å². The first-order valence-electron chi connectivity index (χ1n) is 12.0. The van der Waals surface area contributed by atoms with Crippen molar-refractivity contribution in [2.45, 2.75) is 31.3 Å². The number of carbonyl (C=O) groups excluding carboxylic acids is 1. The van der Waals surface area contributed by atoms with Crippen LogP contribution in [-0.2, 0) is 4.79 Å². The topological polar surface area (TPSA) is 88.0 Å². The van der Waals surface area contributed by atoms with Gasteiger partial charge in [-0.05, 0) is 61.7 Å². The number of benzene rings is 1. The van der Waals surface area contributed by atoms with Gasteiger partial charge in [0.15, 0.2) is 5.65 Å². The van der Waals surface area contributed by atoms with E-state index < -0.39 is 0 Å². The zero-order valence-electron chi connectivity index (χ0n) is 19.0. The summed E-state index contributed by atoms with van der Waals surface area (Å²) in [5.41, 5.74) is 3.01. The molecule has 1 aromatic carbocycles. The van der Waals surface area contributed by atoms with E-state index in [4.69, 9.17) is 9.97 Å². The molecule has 5 heterocycles. The van der Waals surface area contributed by atoms with Crippen molar-refractivity contribution >= 4 is 28.7 Å². The predicted octanol–water partition coefficient (Wildman–Crippen LogP) is 3.52. The zero-order valence-corrected chi connectivity index (χ0v) is 19.0. The van der Waals surface area contributed by atoms with Gasteiger partial charge in [0.05, 0.1) is 5.69 Å². The van der Waals surface area contributed by atoms with Gasteiger partial charge in [-0.1, -0.05) is 0 Å². The van der Waals surface area contributed by atoms with Crippen LogP contribution in [0, 0.1) is 11.7 Å². The molecule has 176 valence electrons. The molecule has 1 aliphatic carbocycles. The number of anilines is 2. The van der Waals surface area contributed by atoms with Gasteiger partial charge in [-0.3, -0.25) is 9.36 Å². The predicted molar refractivity (Wildman–Crippen MR) is 131 cm³/mol. The molecule has 2 atom stereocenters. The van der Waals surface area contributed by atoms with Crippen molar-refractivity contribution in [2.75, 3.05) is 23.3 Å². The lowest BCUT2D eigenvalue weighted by molar-refractivity contribution is -0.117. The number of nitrogens with one attached hydrogen (secondary N) is 2. The molecule has 3 fully saturated rings. The van der Waals surface area contributed by atoms with Crippen molar-refractivity contribution < 1.29 is 9.18 Å². The summed E-state index contributed by atoms with van der Waals surface area (Å²) < 4.78 is 15.6. The van der Waals surface area contributed by atoms with E-state index in [2.05, 4.69) is 20.5 Å². The Morgan fingerprint density at radius 1 is 1.09 bits per heavy atom. The summed E-state index contributed by atoms with van der Waals surface area (Å²) in [5.74, 6) is 1.85. The summed E-state index contributed by atoms with van der Waals surface area (Å²) in [6.07, 6.45) is 4.65. The lowest BCUT2D eigenvalue weighted by atomic mass is 10.2. The summed E-state index contributed by atoms with van der Waals surface area (Å²) in [7, 11) is 0. The molecule has 3 aromatic heterocycles. The van der Waals surface area contributed by atoms with Crippen LogP contribution in [-0.4, -0.2) is 50.6 Å². The summed E-state index contributed by atoms with van der Waals surface area (Å²) in [6, 6.07) is 15.0. The van der Waals surface area contributed by atoms with E-state index in [0.29, 0.717) is 29.4 Å². The van der Waals surface area contributed by atoms with Gasteiger partial charge in [-0.15, -0.1) is 0 Å². The van der Waals surface area contributed by atoms with E-state index >= 15 is 0 Å². The molecule has 4 aromatic rings. The first-order chi connectivity index (χ1) is 17.1. The van der Waals surface area contributed by atoms with Crippen LogP contribution in [0.25, 0.3) is 28.2 Å². The highest BCUT2D eigenvalue weighted by Gasteiger charge is 2.38. The molecule has 1 saturated carbocycles. The second kappa shape index (κ2) is 7.84. The fourth-order valence-corrected chi connectivity index (χ4v) is 5.19. The number of hydrogen-bond acceptors (Lipinski definition) is 6. The molecule has 2 N–H and O–H groups in total. The van der Waals surface area contributed by atoms with Crippen molar-refractivity contribution in [2.24, 2.45) is 5.92 Å². The Labute approximate surface area is 201 Å². The lowest BCUT2D eigenvalue weighted by Gasteiger charge is -2.28. The first kappa shape index (κ1) is 20.5. The average molecular weight is 470 g/mol. The third-order valence-electron chi connectivity index (χ3n) is 7.14. The Morgan fingerprint density at radius 3 is 2.69 bits per heavy atom. The van der Waals surface area contributed by atoms with Gasteiger partial charge < -0.3 is 15.5 Å². The number of piperazine rings is 1. The molecular formula is C26H24FN7O. The SMILES string of the molecule is O=C(Nc1cc(-n2c(-c3ccc(F)cc3)nc3ccc(N4C[C@@H]5C[C@H]4CN5)nc32)ccn1)C1CC1. The number of fused-ring (bicyclic) bond motifs is 3. The molecule has 2 aliphatic heterocycles. The lowest BCUT2D eigenvalue weighted by Crippen LogP contribution is -2.44. The quantitative estimate of drug-likeness (QED) is 0.465. The summed E-state index contributed by atoms with van der Waals surface area (Å²) in [5, 5.41) is 6.46. The van der Waals surface area contributed by atoms with Crippen LogP contribution < -0.4 is 15.5 Å². The molecule has 0 radical (unpaired) electrons. The molecular weight excluding hydrogens is 445 g/mol. The highest BCUT2D eigenvalue weighted by molar-refractivity contribution is 5.93. The van der Waals surface area contributed by atoms with E-state index in [9.17, 15) is 9.18 Å². The number of hydrogen-bond donors (Lipinski definition) is 2. The van der Waals surface area contributed by atoms with Gasteiger partial charge >= 0.3 is 0 Å². The number of imidazole rings is 1. The smallest absolute Gasteiger partial charge is 0.228 e. The minimum Gasteiger partial charge on any atom is -0.351 e. The van der Waals surface area contributed by atoms with Gasteiger partial charge in [0, 0.05) is 48.9 Å². The molecule has 1 amide bonds. The van der Waals surface area contributed by atoms with Crippen molar-refractivity contribution in [3.63, 3.8) is 0 Å².